The molecule has 1 nitrogen and oxygen atoms in total. The summed E-state index contributed by atoms with van der Waals surface area (Å²) in [7, 11) is 2.02. The molecule has 0 saturated heterocycles. The van der Waals surface area contributed by atoms with Crippen molar-refractivity contribution in [3.63, 3.8) is 0 Å². The van der Waals surface area contributed by atoms with E-state index in [2.05, 4.69) is 37.1 Å². The number of hydrogen-bond donors (Lipinski definition) is 0. The van der Waals surface area contributed by atoms with E-state index in [4.69, 9.17) is 0 Å². The Kier molecular flexibility index (Phi) is 12.7. The monoisotopic (exact) mass is 431 g/mol. The molecule has 0 spiro atoms. The first-order chi connectivity index (χ1) is 9.34. The van der Waals surface area contributed by atoms with Crippen molar-refractivity contribution in [1.82, 2.24) is 0 Å². The fraction of sp³-hybridized carbons (Fsp3) is 0.0556. The summed E-state index contributed by atoms with van der Waals surface area (Å²) < 4.78 is 2.03. The van der Waals surface area contributed by atoms with Gasteiger partial charge in [0.15, 0.2) is 12.4 Å². The van der Waals surface area contributed by atoms with Crippen molar-refractivity contribution in [3.05, 3.63) is 99.9 Å². The van der Waals surface area contributed by atoms with Crippen molar-refractivity contribution in [3.8, 4) is 0 Å². The van der Waals surface area contributed by atoms with Gasteiger partial charge in [0.05, 0.1) is 0 Å². The van der Waals surface area contributed by atoms with Crippen LogP contribution in [-0.4, -0.2) is 0 Å². The molecule has 0 amide bonds. The van der Waals surface area contributed by atoms with Crippen molar-refractivity contribution < 1.29 is 45.6 Å². The number of allylic oxidation sites excluding steroid dienone is 1. The number of aryl methyl sites for hydroxylation is 1. The predicted molar refractivity (Wildman–Crippen MR) is 78.6 cm³/mol. The van der Waals surface area contributed by atoms with Crippen LogP contribution in [0.25, 0.3) is 6.08 Å². The van der Waals surface area contributed by atoms with Crippen molar-refractivity contribution in [1.29, 1.82) is 0 Å². The first kappa shape index (κ1) is 21.1. The second-order valence-corrected chi connectivity index (χ2v) is 4.31. The minimum atomic E-state index is 0. The molecule has 1 heterocycles. The van der Waals surface area contributed by atoms with E-state index in [0.29, 0.717) is 0 Å². The average molecular weight is 431 g/mol. The summed E-state index contributed by atoms with van der Waals surface area (Å²) in [6.45, 7) is 0. The smallest absolute Gasteiger partial charge is 0.169 e. The Morgan fingerprint density at radius 3 is 1.71 bits per heavy atom. The molecule has 10 radical (unpaired) electrons. The maximum Gasteiger partial charge on any atom is 0.169 e. The van der Waals surface area contributed by atoms with Gasteiger partial charge in [-0.05, 0) is 63.4 Å². The van der Waals surface area contributed by atoms with Gasteiger partial charge in [0.2, 0.25) is 0 Å². The number of halogens is 1. The van der Waals surface area contributed by atoms with Crippen LogP contribution in [0, 0.1) is 63.7 Å². The van der Waals surface area contributed by atoms with Crippen molar-refractivity contribution in [2.75, 3.05) is 0 Å². The van der Waals surface area contributed by atoms with Gasteiger partial charge in [-0.15, -0.1) is 0 Å². The number of hydrogen-bond acceptors (Lipinski definition) is 0. The van der Waals surface area contributed by atoms with E-state index < -0.39 is 0 Å². The van der Waals surface area contributed by atoms with E-state index in [0.717, 1.165) is 0 Å². The van der Waals surface area contributed by atoms with Crippen LogP contribution in [0.4, 0.5) is 0 Å². The van der Waals surface area contributed by atoms with Crippen LogP contribution in [0.5, 0.6) is 0 Å². The van der Waals surface area contributed by atoms with Gasteiger partial charge in [-0.2, -0.15) is 0 Å². The zero-order valence-corrected chi connectivity index (χ0v) is 15.1. The van der Waals surface area contributed by atoms with Gasteiger partial charge in [0.1, 0.15) is 7.05 Å². The molecule has 2 fully saturated rings. The van der Waals surface area contributed by atoms with E-state index in [1.54, 1.807) is 0 Å². The minimum absolute atomic E-state index is 0. The normalized spacial score (nSPS) is 17.8. The molecule has 0 aliphatic heterocycles. The number of pyridine rings is 1. The molecule has 2 aliphatic carbocycles. The second-order valence-electron chi connectivity index (χ2n) is 4.31. The van der Waals surface area contributed by atoms with E-state index >= 15 is 0 Å². The van der Waals surface area contributed by atoms with Crippen LogP contribution in [-0.2, 0) is 24.1 Å². The van der Waals surface area contributed by atoms with Crippen LogP contribution in [0.15, 0.2) is 30.6 Å². The topological polar surface area (TPSA) is 3.88 Å². The fourth-order valence-corrected chi connectivity index (χ4v) is 1.64. The van der Waals surface area contributed by atoms with Crippen molar-refractivity contribution >= 4 is 6.08 Å². The molecular weight excluding hydrogens is 413 g/mol. The van der Waals surface area contributed by atoms with E-state index in [1.807, 2.05) is 69.0 Å². The van der Waals surface area contributed by atoms with Gasteiger partial charge in [-0.1, -0.05) is 12.2 Å². The summed E-state index contributed by atoms with van der Waals surface area (Å²) in [4.78, 5) is 0. The van der Waals surface area contributed by atoms with Gasteiger partial charge in [0, 0.05) is 35.1 Å². The van der Waals surface area contributed by atoms with Crippen LogP contribution >= 0.6 is 0 Å². The molecule has 1 aromatic rings. The molecule has 2 saturated carbocycles. The Hall–Kier alpha value is 0.139. The van der Waals surface area contributed by atoms with Crippen LogP contribution in [0.2, 0.25) is 0 Å². The number of aromatic nitrogens is 1. The molecule has 21 heavy (non-hydrogen) atoms. The van der Waals surface area contributed by atoms with Crippen LogP contribution < -0.4 is 28.5 Å². The van der Waals surface area contributed by atoms with Gasteiger partial charge >= 0.3 is 0 Å². The van der Waals surface area contributed by atoms with Gasteiger partial charge in [-0.3, -0.25) is 0 Å². The summed E-state index contributed by atoms with van der Waals surface area (Å²) in [5.74, 6) is 1.25. The average Bonchev–Trinajstić information content (AvgIpc) is 3.14. The molecule has 0 atom stereocenters. The molecule has 0 bridgehead atoms. The summed E-state index contributed by atoms with van der Waals surface area (Å²) in [6, 6.07) is 4.19. The maximum absolute atomic E-state index is 2.12. The molecule has 3 heteroatoms. The van der Waals surface area contributed by atoms with E-state index in [9.17, 15) is 0 Å². The Morgan fingerprint density at radius 1 is 0.762 bits per heavy atom. The summed E-state index contributed by atoms with van der Waals surface area (Å²) in [6.07, 6.45) is 26.6. The van der Waals surface area contributed by atoms with Crippen LogP contribution in [0.3, 0.4) is 0 Å². The Bertz CT molecular complexity index is 371. The third kappa shape index (κ3) is 9.00. The first-order valence-electron chi connectivity index (χ1n) is 6.36. The maximum atomic E-state index is 2.12. The second kappa shape index (κ2) is 12.7. The zero-order chi connectivity index (χ0) is 13.3. The minimum Gasteiger partial charge on any atom is -1.00 e. The van der Waals surface area contributed by atoms with Crippen molar-refractivity contribution in [2.24, 2.45) is 7.05 Å². The van der Waals surface area contributed by atoms with E-state index in [-0.39, 0.29) is 41.0 Å². The molecule has 0 unspecified atom stereocenters. The van der Waals surface area contributed by atoms with Crippen molar-refractivity contribution in [2.45, 2.75) is 0 Å². The standard InChI is InChI=1S/C13H13N.C5H5.Fe.HI/c1-14-10-8-13(9-11-14)7-6-12-4-2-3-5-12;1-2-4-5-3-1;;/h2-11H,1H3;1-5H;;1H/q+1;;;/p-1/b7-6+;;;. The fourth-order valence-electron chi connectivity index (χ4n) is 1.64. The third-order valence-corrected chi connectivity index (χ3v) is 2.72. The molecule has 0 N–H and O–H groups in total. The molecule has 110 valence electrons. The number of nitrogens with zero attached hydrogens (tertiary/aromatic N) is 1. The first-order valence-corrected chi connectivity index (χ1v) is 6.36. The van der Waals surface area contributed by atoms with Gasteiger partial charge < -0.3 is 24.0 Å². The Balaban J connectivity index is 0.000000491. The Labute approximate surface area is 158 Å². The molecular formula is C18H18FeIN. The van der Waals surface area contributed by atoms with E-state index in [1.165, 1.54) is 11.5 Å². The Morgan fingerprint density at radius 2 is 1.24 bits per heavy atom. The van der Waals surface area contributed by atoms with Gasteiger partial charge in [-0.25, -0.2) is 4.57 Å². The molecule has 2 aliphatic rings. The summed E-state index contributed by atoms with van der Waals surface area (Å²) in [5.41, 5.74) is 1.23. The summed E-state index contributed by atoms with van der Waals surface area (Å²) >= 11 is 0. The number of rotatable bonds is 2. The predicted octanol–water partition coefficient (Wildman–Crippen LogP) is -0.0475. The third-order valence-electron chi connectivity index (χ3n) is 2.72. The SMILES string of the molecule is C[n+]1ccc(/C=C/[C]2[CH][CH][CH][CH]2)cc1.[CH]1[CH][CH][CH][CH]1.[Fe].[I-]. The van der Waals surface area contributed by atoms with Gasteiger partial charge in [0.25, 0.3) is 0 Å². The zero-order valence-electron chi connectivity index (χ0n) is 11.8. The quantitative estimate of drug-likeness (QED) is 0.352. The largest absolute Gasteiger partial charge is 1.00 e. The molecule has 3 rings (SSSR count). The molecule has 1 aromatic heterocycles. The summed E-state index contributed by atoms with van der Waals surface area (Å²) in [5, 5.41) is 0. The molecule has 0 aromatic carbocycles. The van der Waals surface area contributed by atoms with Crippen LogP contribution in [0.1, 0.15) is 5.56 Å².